The lowest BCUT2D eigenvalue weighted by molar-refractivity contribution is 0.170. The van der Waals surface area contributed by atoms with Crippen LogP contribution < -0.4 is 10.1 Å². The van der Waals surface area contributed by atoms with Gasteiger partial charge in [0.2, 0.25) is 0 Å². The first-order valence-electron chi connectivity index (χ1n) is 5.91. The number of rotatable bonds is 5. The van der Waals surface area contributed by atoms with Crippen LogP contribution in [0.1, 0.15) is 30.1 Å². The van der Waals surface area contributed by atoms with Crippen molar-refractivity contribution < 1.29 is 9.84 Å². The van der Waals surface area contributed by atoms with Crippen molar-refractivity contribution in [2.24, 2.45) is 0 Å². The quantitative estimate of drug-likeness (QED) is 0.878. The minimum Gasteiger partial charge on any atom is -0.489 e. The number of hydrogen-bond acceptors (Lipinski definition) is 3. The van der Waals surface area contributed by atoms with E-state index in [-0.39, 0.29) is 0 Å². The third-order valence-electron chi connectivity index (χ3n) is 2.78. The lowest BCUT2D eigenvalue weighted by Gasteiger charge is -2.18. The molecule has 0 aromatic heterocycles. The summed E-state index contributed by atoms with van der Waals surface area (Å²) in [6.07, 6.45) is 2.02. The van der Waals surface area contributed by atoms with E-state index < -0.39 is 6.10 Å². The number of likely N-dealkylation sites (N-methyl/N-ethyl adjacent to an activating group) is 1. The minimum absolute atomic E-state index is 0.328. The van der Waals surface area contributed by atoms with Crippen molar-refractivity contribution in [2.45, 2.75) is 32.0 Å². The maximum Gasteiger partial charge on any atom is 0.139 e. The van der Waals surface area contributed by atoms with Crippen LogP contribution in [0.2, 0.25) is 0 Å². The number of aliphatic hydroxyl groups is 1. The van der Waals surface area contributed by atoms with Gasteiger partial charge < -0.3 is 15.2 Å². The highest BCUT2D eigenvalue weighted by atomic mass is 79.9. The molecule has 1 unspecified atom stereocenters. The van der Waals surface area contributed by atoms with Crippen molar-refractivity contribution in [2.75, 3.05) is 13.6 Å². The van der Waals surface area contributed by atoms with E-state index >= 15 is 0 Å². The Balaban J connectivity index is 2.31. The summed E-state index contributed by atoms with van der Waals surface area (Å²) in [5.41, 5.74) is 1.98. The molecule has 0 aliphatic heterocycles. The van der Waals surface area contributed by atoms with E-state index in [1.807, 2.05) is 26.1 Å². The van der Waals surface area contributed by atoms with Gasteiger partial charge in [0.05, 0.1) is 16.7 Å². The van der Waals surface area contributed by atoms with E-state index in [4.69, 9.17) is 4.74 Å². The standard InChI is InChI=1S/C13H18BrNO2/c1-8-5-10(12(16)7-15-2)13(11(14)6-8)17-9-3-4-9/h5-6,9,12,15-16H,3-4,7H2,1-2H3. The summed E-state index contributed by atoms with van der Waals surface area (Å²) in [5, 5.41) is 13.1. The van der Waals surface area contributed by atoms with Gasteiger partial charge in [-0.3, -0.25) is 0 Å². The first-order chi connectivity index (χ1) is 8.11. The van der Waals surface area contributed by atoms with Gasteiger partial charge in [-0.25, -0.2) is 0 Å². The fourth-order valence-corrected chi connectivity index (χ4v) is 2.47. The van der Waals surface area contributed by atoms with Crippen LogP contribution in [0, 0.1) is 6.92 Å². The Bertz CT molecular complexity index is 405. The summed E-state index contributed by atoms with van der Waals surface area (Å²) < 4.78 is 6.80. The van der Waals surface area contributed by atoms with Gasteiger partial charge in [-0.05, 0) is 60.4 Å². The molecule has 0 radical (unpaired) electrons. The molecule has 0 saturated heterocycles. The third-order valence-corrected chi connectivity index (χ3v) is 3.37. The molecule has 1 aliphatic rings. The SMILES string of the molecule is CNCC(O)c1cc(C)cc(Br)c1OC1CC1. The van der Waals surface area contributed by atoms with Crippen molar-refractivity contribution in [3.05, 3.63) is 27.7 Å². The summed E-state index contributed by atoms with van der Waals surface area (Å²) in [6, 6.07) is 4.01. The van der Waals surface area contributed by atoms with E-state index in [9.17, 15) is 5.11 Å². The molecule has 4 heteroatoms. The third kappa shape index (κ3) is 3.21. The van der Waals surface area contributed by atoms with Crippen LogP contribution in [0.4, 0.5) is 0 Å². The Morgan fingerprint density at radius 3 is 2.82 bits per heavy atom. The average molecular weight is 300 g/mol. The maximum atomic E-state index is 10.1. The van der Waals surface area contributed by atoms with E-state index in [0.717, 1.165) is 34.2 Å². The second-order valence-corrected chi connectivity index (χ2v) is 5.41. The smallest absolute Gasteiger partial charge is 0.139 e. The number of hydrogen-bond donors (Lipinski definition) is 2. The molecule has 17 heavy (non-hydrogen) atoms. The Morgan fingerprint density at radius 1 is 1.53 bits per heavy atom. The molecular formula is C13H18BrNO2. The van der Waals surface area contributed by atoms with E-state index in [1.54, 1.807) is 0 Å². The molecule has 94 valence electrons. The fraction of sp³-hybridized carbons (Fsp3) is 0.538. The fourth-order valence-electron chi connectivity index (χ4n) is 1.78. The molecule has 1 atom stereocenters. The van der Waals surface area contributed by atoms with Crippen LogP contribution >= 0.6 is 15.9 Å². The van der Waals surface area contributed by atoms with Crippen molar-refractivity contribution in [1.29, 1.82) is 0 Å². The van der Waals surface area contributed by atoms with Gasteiger partial charge in [-0.15, -0.1) is 0 Å². The summed E-state index contributed by atoms with van der Waals surface area (Å²) in [4.78, 5) is 0. The number of halogens is 1. The highest BCUT2D eigenvalue weighted by Crippen LogP contribution is 2.38. The molecule has 2 rings (SSSR count). The summed E-state index contributed by atoms with van der Waals surface area (Å²) in [6.45, 7) is 2.54. The summed E-state index contributed by atoms with van der Waals surface area (Å²) >= 11 is 3.52. The van der Waals surface area contributed by atoms with Gasteiger partial charge in [0.15, 0.2) is 0 Å². The zero-order valence-electron chi connectivity index (χ0n) is 10.2. The van der Waals surface area contributed by atoms with Crippen LogP contribution in [-0.2, 0) is 0 Å². The topological polar surface area (TPSA) is 41.5 Å². The largest absolute Gasteiger partial charge is 0.489 e. The van der Waals surface area contributed by atoms with E-state index in [2.05, 4.69) is 21.2 Å². The lowest BCUT2D eigenvalue weighted by atomic mass is 10.1. The highest BCUT2D eigenvalue weighted by molar-refractivity contribution is 9.10. The molecule has 0 amide bonds. The molecule has 1 saturated carbocycles. The molecular weight excluding hydrogens is 282 g/mol. The molecule has 0 bridgehead atoms. The summed E-state index contributed by atoms with van der Waals surface area (Å²) in [7, 11) is 1.83. The first kappa shape index (κ1) is 12.9. The van der Waals surface area contributed by atoms with Gasteiger partial charge in [0.25, 0.3) is 0 Å². The Kier molecular flexibility index (Phi) is 4.07. The zero-order valence-corrected chi connectivity index (χ0v) is 11.8. The highest BCUT2D eigenvalue weighted by Gasteiger charge is 2.27. The second kappa shape index (κ2) is 5.38. The molecule has 1 aliphatic carbocycles. The number of aryl methyl sites for hydroxylation is 1. The Morgan fingerprint density at radius 2 is 2.24 bits per heavy atom. The van der Waals surface area contributed by atoms with Gasteiger partial charge >= 0.3 is 0 Å². The predicted molar refractivity (Wildman–Crippen MR) is 71.4 cm³/mol. The van der Waals surface area contributed by atoms with Gasteiger partial charge in [-0.1, -0.05) is 0 Å². The lowest BCUT2D eigenvalue weighted by Crippen LogP contribution is -2.18. The zero-order chi connectivity index (χ0) is 12.4. The molecule has 0 heterocycles. The maximum absolute atomic E-state index is 10.1. The van der Waals surface area contributed by atoms with Crippen LogP contribution in [0.5, 0.6) is 5.75 Å². The number of ether oxygens (including phenoxy) is 1. The van der Waals surface area contributed by atoms with E-state index in [0.29, 0.717) is 12.6 Å². The molecule has 1 fully saturated rings. The molecule has 3 nitrogen and oxygen atoms in total. The number of aliphatic hydroxyl groups excluding tert-OH is 1. The Hall–Kier alpha value is -0.580. The van der Waals surface area contributed by atoms with Crippen LogP contribution in [0.25, 0.3) is 0 Å². The second-order valence-electron chi connectivity index (χ2n) is 4.56. The molecule has 2 N–H and O–H groups in total. The normalized spacial score (nSPS) is 16.9. The molecule has 1 aromatic rings. The monoisotopic (exact) mass is 299 g/mol. The van der Waals surface area contributed by atoms with Gasteiger partial charge in [-0.2, -0.15) is 0 Å². The first-order valence-corrected chi connectivity index (χ1v) is 6.70. The Labute approximate surface area is 110 Å². The average Bonchev–Trinajstić information content (AvgIpc) is 3.05. The minimum atomic E-state index is -0.537. The predicted octanol–water partition coefficient (Wildman–Crippen LogP) is 2.55. The van der Waals surface area contributed by atoms with Crippen LogP contribution in [0.15, 0.2) is 16.6 Å². The molecule has 1 aromatic carbocycles. The number of nitrogens with one attached hydrogen (secondary N) is 1. The van der Waals surface area contributed by atoms with Crippen LogP contribution in [-0.4, -0.2) is 24.8 Å². The van der Waals surface area contributed by atoms with Crippen LogP contribution in [0.3, 0.4) is 0 Å². The van der Waals surface area contributed by atoms with Gasteiger partial charge in [0, 0.05) is 12.1 Å². The number of benzene rings is 1. The van der Waals surface area contributed by atoms with Crippen molar-refractivity contribution in [3.63, 3.8) is 0 Å². The van der Waals surface area contributed by atoms with Gasteiger partial charge in [0.1, 0.15) is 5.75 Å². The summed E-state index contributed by atoms with van der Waals surface area (Å²) in [5.74, 6) is 0.792. The van der Waals surface area contributed by atoms with Crippen molar-refractivity contribution in [1.82, 2.24) is 5.32 Å². The van der Waals surface area contributed by atoms with E-state index in [1.165, 1.54) is 0 Å². The van der Waals surface area contributed by atoms with Crippen molar-refractivity contribution in [3.8, 4) is 5.75 Å². The van der Waals surface area contributed by atoms with Crippen molar-refractivity contribution >= 4 is 15.9 Å². The molecule has 0 spiro atoms.